The molecule has 1 aromatic carbocycles. The predicted octanol–water partition coefficient (Wildman–Crippen LogP) is 1.66. The van der Waals surface area contributed by atoms with Crippen LogP contribution in [0.5, 0.6) is 0 Å². The minimum atomic E-state index is -0.690. The van der Waals surface area contributed by atoms with Crippen LogP contribution in [0.4, 0.5) is 5.69 Å². The SMILES string of the molecule is COCCN1C(=O)[C@@H]2[C@H](C1=O)[C@@H](C(C)=O)N1c3c(ccc4cccnc34)C=C[C@@H]21. The van der Waals surface area contributed by atoms with Crippen molar-refractivity contribution in [1.29, 1.82) is 0 Å². The minimum absolute atomic E-state index is 0.119. The molecule has 0 bridgehead atoms. The highest BCUT2D eigenvalue weighted by atomic mass is 16.5. The first-order valence-electron chi connectivity index (χ1n) is 9.73. The molecule has 2 aromatic rings. The van der Waals surface area contributed by atoms with Gasteiger partial charge in [0.2, 0.25) is 11.8 Å². The van der Waals surface area contributed by atoms with Crippen molar-refractivity contribution in [3.63, 3.8) is 0 Å². The summed E-state index contributed by atoms with van der Waals surface area (Å²) in [7, 11) is 1.53. The summed E-state index contributed by atoms with van der Waals surface area (Å²) < 4.78 is 5.05. The van der Waals surface area contributed by atoms with Crippen LogP contribution in [-0.2, 0) is 19.1 Å². The van der Waals surface area contributed by atoms with Gasteiger partial charge in [0.15, 0.2) is 5.78 Å². The molecule has 29 heavy (non-hydrogen) atoms. The van der Waals surface area contributed by atoms with E-state index in [-0.39, 0.29) is 36.8 Å². The molecule has 148 valence electrons. The first-order chi connectivity index (χ1) is 14.0. The third-order valence-electron chi connectivity index (χ3n) is 6.26. The fourth-order valence-corrected chi connectivity index (χ4v) is 5.10. The lowest BCUT2D eigenvalue weighted by atomic mass is 9.88. The van der Waals surface area contributed by atoms with Gasteiger partial charge in [0.25, 0.3) is 0 Å². The van der Waals surface area contributed by atoms with Crippen LogP contribution in [0.1, 0.15) is 12.5 Å². The average Bonchev–Trinajstić information content (AvgIpc) is 3.19. The Bertz CT molecular complexity index is 1080. The van der Waals surface area contributed by atoms with Crippen molar-refractivity contribution in [3.8, 4) is 0 Å². The number of hydrogen-bond acceptors (Lipinski definition) is 6. The van der Waals surface area contributed by atoms with Crippen LogP contribution in [0, 0.1) is 11.8 Å². The second-order valence-electron chi connectivity index (χ2n) is 7.76. The zero-order chi connectivity index (χ0) is 20.3. The molecule has 2 amide bonds. The Kier molecular flexibility index (Phi) is 4.03. The molecular formula is C22H21N3O4. The predicted molar refractivity (Wildman–Crippen MR) is 107 cm³/mol. The zero-order valence-corrected chi connectivity index (χ0v) is 16.2. The van der Waals surface area contributed by atoms with Gasteiger partial charge >= 0.3 is 0 Å². The maximum Gasteiger partial charge on any atom is 0.235 e. The van der Waals surface area contributed by atoms with Gasteiger partial charge in [-0.3, -0.25) is 24.3 Å². The number of methoxy groups -OCH3 is 1. The van der Waals surface area contributed by atoms with Crippen LogP contribution in [0.2, 0.25) is 0 Å². The van der Waals surface area contributed by atoms with E-state index >= 15 is 0 Å². The standard InChI is InChI=1S/C22H21N3O4/c1-12(26)19-17-16(21(27)24(22(17)28)10-11-29-2)15-8-7-14-6-5-13-4-3-9-23-18(13)20(14)25(15)19/h3-9,15-17,19H,10-11H2,1-2H3/t15-,16-,17-,19+/m0/s1. The van der Waals surface area contributed by atoms with Crippen molar-refractivity contribution in [3.05, 3.63) is 42.1 Å². The minimum Gasteiger partial charge on any atom is -0.383 e. The number of rotatable bonds is 4. The van der Waals surface area contributed by atoms with Crippen LogP contribution in [0.3, 0.4) is 0 Å². The molecule has 5 rings (SSSR count). The third-order valence-corrected chi connectivity index (χ3v) is 6.26. The van der Waals surface area contributed by atoms with Crippen molar-refractivity contribution >= 4 is 40.3 Å². The number of imide groups is 1. The van der Waals surface area contributed by atoms with Crippen LogP contribution in [0.15, 0.2) is 36.5 Å². The van der Waals surface area contributed by atoms with Gasteiger partial charge in [-0.2, -0.15) is 0 Å². The number of likely N-dealkylation sites (tertiary alicyclic amines) is 1. The fraction of sp³-hybridized carbons (Fsp3) is 0.364. The summed E-state index contributed by atoms with van der Waals surface area (Å²) in [5.74, 6) is -1.88. The first kappa shape index (κ1) is 18.0. The first-order valence-corrected chi connectivity index (χ1v) is 9.73. The molecule has 7 nitrogen and oxygen atoms in total. The topological polar surface area (TPSA) is 79.8 Å². The number of amides is 2. The van der Waals surface area contributed by atoms with Gasteiger partial charge in [-0.15, -0.1) is 0 Å². The monoisotopic (exact) mass is 391 g/mol. The lowest BCUT2D eigenvalue weighted by molar-refractivity contribution is -0.141. The summed E-state index contributed by atoms with van der Waals surface area (Å²) in [4.78, 5) is 46.9. The van der Waals surface area contributed by atoms with Crippen molar-refractivity contribution in [2.75, 3.05) is 25.2 Å². The second kappa shape index (κ2) is 6.49. The van der Waals surface area contributed by atoms with E-state index in [1.807, 2.05) is 41.3 Å². The molecule has 7 heteroatoms. The summed E-state index contributed by atoms with van der Waals surface area (Å²) in [6.07, 6.45) is 5.64. The van der Waals surface area contributed by atoms with Crippen molar-refractivity contribution in [1.82, 2.24) is 9.88 Å². The Morgan fingerprint density at radius 2 is 1.97 bits per heavy atom. The summed E-state index contributed by atoms with van der Waals surface area (Å²) in [6.45, 7) is 1.99. The number of fused-ring (bicyclic) bond motifs is 7. The normalized spacial score (nSPS) is 27.4. The zero-order valence-electron chi connectivity index (χ0n) is 16.2. The Hall–Kier alpha value is -3.06. The van der Waals surface area contributed by atoms with Crippen molar-refractivity contribution in [2.24, 2.45) is 11.8 Å². The summed E-state index contributed by atoms with van der Waals surface area (Å²) in [5, 5.41) is 0.957. The maximum atomic E-state index is 13.2. The van der Waals surface area contributed by atoms with Gasteiger partial charge in [0.05, 0.1) is 42.2 Å². The number of anilines is 1. The number of ether oxygens (including phenoxy) is 1. The van der Waals surface area contributed by atoms with E-state index in [1.54, 1.807) is 6.20 Å². The van der Waals surface area contributed by atoms with Gasteiger partial charge in [0, 0.05) is 18.7 Å². The van der Waals surface area contributed by atoms with E-state index in [1.165, 1.54) is 18.9 Å². The second-order valence-corrected chi connectivity index (χ2v) is 7.76. The number of carbonyl (C=O) groups excluding carboxylic acids is 3. The number of nitrogens with zero attached hydrogens (tertiary/aromatic N) is 3. The van der Waals surface area contributed by atoms with Crippen molar-refractivity contribution < 1.29 is 19.1 Å². The Morgan fingerprint density at radius 1 is 1.17 bits per heavy atom. The number of aromatic nitrogens is 1. The van der Waals surface area contributed by atoms with Crippen LogP contribution < -0.4 is 4.90 Å². The average molecular weight is 391 g/mol. The summed E-state index contributed by atoms with van der Waals surface area (Å²) in [6, 6.07) is 6.79. The quantitative estimate of drug-likeness (QED) is 0.738. The highest BCUT2D eigenvalue weighted by Gasteiger charge is 2.63. The van der Waals surface area contributed by atoms with Gasteiger partial charge in [-0.25, -0.2) is 0 Å². The number of benzene rings is 1. The molecule has 2 fully saturated rings. The van der Waals surface area contributed by atoms with E-state index in [4.69, 9.17) is 4.74 Å². The molecule has 0 aliphatic carbocycles. The van der Waals surface area contributed by atoms with E-state index < -0.39 is 17.9 Å². The Balaban J connectivity index is 1.67. The number of pyridine rings is 1. The maximum absolute atomic E-state index is 13.2. The molecule has 2 saturated heterocycles. The number of hydrogen-bond donors (Lipinski definition) is 0. The highest BCUT2D eigenvalue weighted by Crippen LogP contribution is 2.49. The largest absolute Gasteiger partial charge is 0.383 e. The molecular weight excluding hydrogens is 370 g/mol. The van der Waals surface area contributed by atoms with E-state index in [2.05, 4.69) is 4.98 Å². The Morgan fingerprint density at radius 3 is 2.72 bits per heavy atom. The molecule has 0 saturated carbocycles. The van der Waals surface area contributed by atoms with E-state index in [0.29, 0.717) is 0 Å². The smallest absolute Gasteiger partial charge is 0.235 e. The van der Waals surface area contributed by atoms with Gasteiger partial charge in [-0.05, 0) is 18.6 Å². The third kappa shape index (κ3) is 2.40. The lowest BCUT2D eigenvalue weighted by Gasteiger charge is -2.36. The molecule has 0 unspecified atom stereocenters. The fourth-order valence-electron chi connectivity index (χ4n) is 5.10. The highest BCUT2D eigenvalue weighted by molar-refractivity contribution is 6.12. The number of carbonyl (C=O) groups is 3. The number of ketones is 1. The molecule has 0 N–H and O–H groups in total. The van der Waals surface area contributed by atoms with Crippen LogP contribution in [-0.4, -0.2) is 59.8 Å². The van der Waals surface area contributed by atoms with Gasteiger partial charge in [0.1, 0.15) is 6.04 Å². The lowest BCUT2D eigenvalue weighted by Crippen LogP contribution is -2.48. The molecule has 1 aromatic heterocycles. The molecule has 0 spiro atoms. The molecule has 4 atom stereocenters. The van der Waals surface area contributed by atoms with Gasteiger partial charge < -0.3 is 9.64 Å². The summed E-state index contributed by atoms with van der Waals surface area (Å²) in [5.41, 5.74) is 2.55. The molecule has 4 heterocycles. The molecule has 3 aliphatic rings. The van der Waals surface area contributed by atoms with Gasteiger partial charge in [-0.1, -0.05) is 30.4 Å². The van der Waals surface area contributed by atoms with Crippen LogP contribution in [0.25, 0.3) is 17.0 Å². The van der Waals surface area contributed by atoms with E-state index in [9.17, 15) is 14.4 Å². The Labute approximate surface area is 167 Å². The van der Waals surface area contributed by atoms with Crippen LogP contribution >= 0.6 is 0 Å². The molecule has 3 aliphatic heterocycles. The number of Topliss-reactive ketones (excluding diaryl/α,β-unsaturated/α-hetero) is 1. The van der Waals surface area contributed by atoms with E-state index in [0.717, 1.165) is 22.2 Å². The summed E-state index contributed by atoms with van der Waals surface area (Å²) >= 11 is 0. The van der Waals surface area contributed by atoms with Crippen molar-refractivity contribution in [2.45, 2.75) is 19.0 Å². The molecule has 0 radical (unpaired) electrons.